The number of rotatable bonds is 40. The van der Waals surface area contributed by atoms with Crippen LogP contribution in [0, 0.1) is 0 Å². The Hall–Kier alpha value is -3.37. The van der Waals surface area contributed by atoms with Crippen molar-refractivity contribution in [3.05, 3.63) is 0 Å². The lowest BCUT2D eigenvalue weighted by Gasteiger charge is -2.15. The van der Waals surface area contributed by atoms with Gasteiger partial charge in [-0.15, -0.1) is 0 Å². The van der Waals surface area contributed by atoms with Crippen molar-refractivity contribution in [1.82, 2.24) is 21.3 Å². The third-order valence-corrected chi connectivity index (χ3v) is 10.3. The minimum atomic E-state index is -1.17. The highest BCUT2D eigenvalue weighted by molar-refractivity contribution is 6.59. The second kappa shape index (κ2) is 36.7. The molecule has 0 spiro atoms. The van der Waals surface area contributed by atoms with Crippen LogP contribution in [0.25, 0.3) is 0 Å². The van der Waals surface area contributed by atoms with Crippen molar-refractivity contribution in [3.8, 4) is 0 Å². The normalized spacial score (nSPS) is 13.2. The number of ketones is 1. The lowest BCUT2D eigenvalue weighted by atomic mass is 9.92. The molecule has 0 fully saturated rings. The van der Waals surface area contributed by atoms with Crippen molar-refractivity contribution < 1.29 is 38.7 Å². The van der Waals surface area contributed by atoms with Gasteiger partial charge in [0.15, 0.2) is 7.85 Å². The molecule has 0 aromatic heterocycles. The van der Waals surface area contributed by atoms with Gasteiger partial charge in [-0.05, 0) is 84.0 Å². The van der Waals surface area contributed by atoms with E-state index in [1.54, 1.807) is 6.92 Å². The smallest absolute Gasteiger partial charge is 0.326 e. The highest BCUT2D eigenvalue weighted by atomic mass is 16.4. The zero-order valence-corrected chi connectivity index (χ0v) is 35.6. The SMILES string of the molecule is [B]C(=O)[C@@H](N)CCCCNC(=O)[C@@H](N)CCCCNC(=O)[C@@H](N)CCCCNC(=O)CC[C@H](NC(=O)CCCCCCCCCCCCCCCCC(C)=O)C(=O)O. The molecule has 16 heteroatoms. The van der Waals surface area contributed by atoms with E-state index in [2.05, 4.69) is 21.3 Å². The van der Waals surface area contributed by atoms with E-state index < -0.39 is 35.8 Å². The van der Waals surface area contributed by atoms with Gasteiger partial charge in [-0.1, -0.05) is 77.0 Å². The predicted octanol–water partition coefficient (Wildman–Crippen LogP) is 3.70. The van der Waals surface area contributed by atoms with Gasteiger partial charge < -0.3 is 53.2 Å². The molecule has 11 N–H and O–H groups in total. The summed E-state index contributed by atoms with van der Waals surface area (Å²) in [6.07, 6.45) is 22.1. The van der Waals surface area contributed by atoms with Crippen LogP contribution in [0.2, 0.25) is 0 Å². The van der Waals surface area contributed by atoms with E-state index in [-0.39, 0.29) is 48.7 Å². The zero-order chi connectivity index (χ0) is 43.4. The molecule has 2 radical (unpaired) electrons. The number of unbranched alkanes of at least 4 members (excludes halogenated alkanes) is 16. The molecule has 0 aromatic carbocycles. The fourth-order valence-electron chi connectivity index (χ4n) is 6.45. The summed E-state index contributed by atoms with van der Waals surface area (Å²) in [4.78, 5) is 82.7. The molecule has 4 atom stereocenters. The fourth-order valence-corrected chi connectivity index (χ4v) is 6.45. The summed E-state index contributed by atoms with van der Waals surface area (Å²) in [7, 11) is 5.12. The minimum absolute atomic E-state index is 0.00500. The molecule has 0 unspecified atom stereocenters. The van der Waals surface area contributed by atoms with Crippen LogP contribution in [-0.4, -0.2) is 97.8 Å². The van der Waals surface area contributed by atoms with Gasteiger partial charge in [0.1, 0.15) is 11.8 Å². The Balaban J connectivity index is 3.86. The number of carbonyl (C=O) groups is 7. The molecular weight excluding hydrogens is 741 g/mol. The average Bonchev–Trinajstić information content (AvgIpc) is 3.17. The summed E-state index contributed by atoms with van der Waals surface area (Å²) in [5.41, 5.74) is 17.0. The van der Waals surface area contributed by atoms with Crippen LogP contribution in [0.15, 0.2) is 0 Å². The van der Waals surface area contributed by atoms with E-state index in [0.717, 1.165) is 32.1 Å². The summed E-state index contributed by atoms with van der Waals surface area (Å²) < 4.78 is 0. The molecule has 0 aliphatic heterocycles. The molecule has 0 bridgehead atoms. The second-order valence-electron chi connectivity index (χ2n) is 15.8. The van der Waals surface area contributed by atoms with E-state index in [4.69, 9.17) is 25.0 Å². The molecule has 0 rings (SSSR count). The van der Waals surface area contributed by atoms with Gasteiger partial charge >= 0.3 is 5.97 Å². The van der Waals surface area contributed by atoms with Crippen LogP contribution >= 0.6 is 0 Å². The molecule has 0 heterocycles. The van der Waals surface area contributed by atoms with E-state index in [1.165, 1.54) is 51.4 Å². The zero-order valence-electron chi connectivity index (χ0n) is 35.6. The lowest BCUT2D eigenvalue weighted by molar-refractivity contribution is -0.142. The van der Waals surface area contributed by atoms with E-state index in [1.807, 2.05) is 0 Å². The Bertz CT molecular complexity index is 1180. The van der Waals surface area contributed by atoms with E-state index >= 15 is 0 Å². The van der Waals surface area contributed by atoms with Crippen LogP contribution in [0.5, 0.6) is 0 Å². The molecule has 0 saturated heterocycles. The third kappa shape index (κ3) is 33.6. The van der Waals surface area contributed by atoms with Crippen LogP contribution in [0.4, 0.5) is 0 Å². The first-order chi connectivity index (χ1) is 27.7. The average molecular weight is 820 g/mol. The minimum Gasteiger partial charge on any atom is -0.480 e. The van der Waals surface area contributed by atoms with Gasteiger partial charge in [0.25, 0.3) is 0 Å². The summed E-state index contributed by atoms with van der Waals surface area (Å²) in [5, 5.41) is 20.4. The number of amides is 4. The summed E-state index contributed by atoms with van der Waals surface area (Å²) >= 11 is 0. The number of hydrogen-bond acceptors (Lipinski definition) is 10. The third-order valence-electron chi connectivity index (χ3n) is 10.3. The molecular formula is C42H78BN7O8. The maximum atomic E-state index is 12.4. The lowest BCUT2D eigenvalue weighted by Crippen LogP contribution is -2.42. The summed E-state index contributed by atoms with van der Waals surface area (Å²) in [6, 6.07) is -3.16. The van der Waals surface area contributed by atoms with Crippen LogP contribution in [-0.2, 0) is 33.6 Å². The molecule has 0 aliphatic rings. The first-order valence-electron chi connectivity index (χ1n) is 22.1. The largest absolute Gasteiger partial charge is 0.480 e. The van der Waals surface area contributed by atoms with Gasteiger partial charge in [0.05, 0.1) is 23.8 Å². The van der Waals surface area contributed by atoms with Crippen molar-refractivity contribution >= 4 is 48.9 Å². The van der Waals surface area contributed by atoms with Crippen molar-refractivity contribution in [2.24, 2.45) is 17.2 Å². The van der Waals surface area contributed by atoms with Crippen molar-refractivity contribution in [3.63, 3.8) is 0 Å². The molecule has 58 heavy (non-hydrogen) atoms. The Morgan fingerprint density at radius 3 is 1.24 bits per heavy atom. The Labute approximate surface area is 349 Å². The van der Waals surface area contributed by atoms with Crippen LogP contribution < -0.4 is 38.5 Å². The van der Waals surface area contributed by atoms with Crippen LogP contribution in [0.1, 0.15) is 180 Å². The van der Waals surface area contributed by atoms with E-state index in [9.17, 15) is 38.7 Å². The number of hydrogen-bond donors (Lipinski definition) is 8. The maximum absolute atomic E-state index is 12.4. The van der Waals surface area contributed by atoms with Crippen molar-refractivity contribution in [2.75, 3.05) is 19.6 Å². The monoisotopic (exact) mass is 820 g/mol. The van der Waals surface area contributed by atoms with Gasteiger partial charge in [-0.3, -0.25) is 19.2 Å². The Kier molecular flexibility index (Phi) is 34.6. The van der Waals surface area contributed by atoms with Gasteiger partial charge in [0, 0.05) is 38.9 Å². The summed E-state index contributed by atoms with van der Waals surface area (Å²) in [5.74, 6) is -2.03. The molecule has 15 nitrogen and oxygen atoms in total. The van der Waals surface area contributed by atoms with Gasteiger partial charge in [0.2, 0.25) is 23.6 Å². The molecule has 332 valence electrons. The number of carboxylic acid groups (broad SMARTS) is 1. The fraction of sp³-hybridized carbons (Fsp3) is 0.833. The van der Waals surface area contributed by atoms with Crippen LogP contribution in [0.3, 0.4) is 0 Å². The topological polar surface area (TPSA) is 266 Å². The molecule has 0 aromatic rings. The highest BCUT2D eigenvalue weighted by Gasteiger charge is 2.21. The summed E-state index contributed by atoms with van der Waals surface area (Å²) in [6.45, 7) is 2.85. The second-order valence-corrected chi connectivity index (χ2v) is 15.8. The molecule has 0 saturated carbocycles. The highest BCUT2D eigenvalue weighted by Crippen LogP contribution is 2.14. The number of carboxylic acids is 1. The number of aliphatic carboxylic acids is 1. The maximum Gasteiger partial charge on any atom is 0.326 e. The number of Topliss-reactive ketones (excluding diaryl/α,β-unsaturated/α-hetero) is 1. The first-order valence-corrected chi connectivity index (χ1v) is 22.1. The predicted molar refractivity (Wildman–Crippen MR) is 229 cm³/mol. The van der Waals surface area contributed by atoms with Gasteiger partial charge in [-0.25, -0.2) is 4.79 Å². The molecule has 4 amide bonds. The Morgan fingerprint density at radius 1 is 0.466 bits per heavy atom. The Morgan fingerprint density at radius 2 is 0.845 bits per heavy atom. The van der Waals surface area contributed by atoms with Gasteiger partial charge in [-0.2, -0.15) is 0 Å². The van der Waals surface area contributed by atoms with Crippen molar-refractivity contribution in [1.29, 1.82) is 0 Å². The number of nitrogens with two attached hydrogens (primary N) is 3. The number of nitrogens with one attached hydrogen (secondary N) is 4. The first kappa shape index (κ1) is 54.6. The number of carbonyl (C=O) groups excluding carboxylic acids is 6. The quantitative estimate of drug-likeness (QED) is 0.0326. The van der Waals surface area contributed by atoms with E-state index in [0.29, 0.717) is 90.3 Å². The van der Waals surface area contributed by atoms with Crippen molar-refractivity contribution in [2.45, 2.75) is 204 Å². The standard InChI is InChI=1S/C42H78BN7O8/c1-32(51)22-14-12-10-8-6-4-2-3-5-7-9-11-13-15-26-38(53)50-36(42(57)58)27-28-37(52)47-29-19-17-24-34(45)40(55)49-31-21-18-25-35(46)41(56)48-30-20-16-23-33(44)39(43)54/h33-36H,2-31,44-46H2,1H3,(H,47,52)(H,48,56)(H,49,55)(H,50,53)(H,57,58)/t33-,34-,35-,36-/m0/s1. The molecule has 0 aliphatic carbocycles.